The summed E-state index contributed by atoms with van der Waals surface area (Å²) in [6.45, 7) is 6.63. The van der Waals surface area contributed by atoms with Crippen LogP contribution in [0.2, 0.25) is 0 Å². The number of rotatable bonds is 9. The van der Waals surface area contributed by atoms with E-state index in [0.29, 0.717) is 6.54 Å². The Hall–Kier alpha value is -1.48. The number of nitrogens with zero attached hydrogens (tertiary/aromatic N) is 2. The number of likely N-dealkylation sites (N-methyl/N-ethyl adjacent to an activating group) is 1. The van der Waals surface area contributed by atoms with E-state index in [9.17, 15) is 13.2 Å². The maximum absolute atomic E-state index is 12.6. The molecule has 8 heteroatoms. The van der Waals surface area contributed by atoms with Crippen molar-refractivity contribution in [2.24, 2.45) is 0 Å². The Balaban J connectivity index is 1.77. The summed E-state index contributed by atoms with van der Waals surface area (Å²) < 4.78 is 31.6. The van der Waals surface area contributed by atoms with Crippen molar-refractivity contribution in [2.45, 2.75) is 18.2 Å². The summed E-state index contributed by atoms with van der Waals surface area (Å²) in [5, 5.41) is 2.81. The molecule has 1 aliphatic heterocycles. The standard InChI is InChI=1S/C17H27N3O4S/c1-2-20(25(22,23)16-7-4-3-5-8-16)15-17(21)18-9-6-10-19-11-13-24-14-12-19/h3-5,7-8H,2,6,9-15H2,1H3,(H,18,21). The van der Waals surface area contributed by atoms with Crippen LogP contribution < -0.4 is 5.32 Å². The van der Waals surface area contributed by atoms with Crippen molar-refractivity contribution in [3.63, 3.8) is 0 Å². The van der Waals surface area contributed by atoms with Gasteiger partial charge in [0.1, 0.15) is 0 Å². The van der Waals surface area contributed by atoms with Crippen LogP contribution in [0.5, 0.6) is 0 Å². The second-order valence-corrected chi connectivity index (χ2v) is 7.84. The minimum atomic E-state index is -3.64. The maximum Gasteiger partial charge on any atom is 0.243 e. The summed E-state index contributed by atoms with van der Waals surface area (Å²) >= 11 is 0. The number of hydrogen-bond acceptors (Lipinski definition) is 5. The fourth-order valence-electron chi connectivity index (χ4n) is 2.68. The SMILES string of the molecule is CCN(CC(=O)NCCCN1CCOCC1)S(=O)(=O)c1ccccc1. The molecule has 1 fully saturated rings. The summed E-state index contributed by atoms with van der Waals surface area (Å²) in [5.41, 5.74) is 0. The minimum Gasteiger partial charge on any atom is -0.379 e. The Bertz CT molecular complexity index is 631. The molecule has 2 rings (SSSR count). The van der Waals surface area contributed by atoms with E-state index < -0.39 is 10.0 Å². The van der Waals surface area contributed by atoms with Gasteiger partial charge in [-0.3, -0.25) is 9.69 Å². The number of benzene rings is 1. The molecule has 0 aliphatic carbocycles. The summed E-state index contributed by atoms with van der Waals surface area (Å²) in [6.07, 6.45) is 0.837. The van der Waals surface area contributed by atoms with Crippen LogP contribution in [0.15, 0.2) is 35.2 Å². The van der Waals surface area contributed by atoms with Gasteiger partial charge in [0.05, 0.1) is 24.7 Å². The Labute approximate surface area is 150 Å². The third-order valence-electron chi connectivity index (χ3n) is 4.13. The van der Waals surface area contributed by atoms with Crippen molar-refractivity contribution in [1.82, 2.24) is 14.5 Å². The van der Waals surface area contributed by atoms with E-state index in [0.717, 1.165) is 39.3 Å². The lowest BCUT2D eigenvalue weighted by Gasteiger charge is -2.26. The van der Waals surface area contributed by atoms with Crippen LogP contribution in [0.25, 0.3) is 0 Å². The molecule has 140 valence electrons. The van der Waals surface area contributed by atoms with Gasteiger partial charge in [-0.05, 0) is 25.1 Å². The molecule has 1 heterocycles. The molecule has 0 aromatic heterocycles. The smallest absolute Gasteiger partial charge is 0.243 e. The number of nitrogens with one attached hydrogen (secondary N) is 1. The highest BCUT2D eigenvalue weighted by Crippen LogP contribution is 2.14. The molecular formula is C17H27N3O4S. The number of ether oxygens (including phenoxy) is 1. The molecule has 0 unspecified atom stereocenters. The van der Waals surface area contributed by atoms with E-state index in [2.05, 4.69) is 10.2 Å². The van der Waals surface area contributed by atoms with Gasteiger partial charge >= 0.3 is 0 Å². The van der Waals surface area contributed by atoms with Gasteiger partial charge in [0.15, 0.2) is 0 Å². The van der Waals surface area contributed by atoms with Crippen molar-refractivity contribution < 1.29 is 17.9 Å². The molecular weight excluding hydrogens is 342 g/mol. The maximum atomic E-state index is 12.6. The molecule has 1 N–H and O–H groups in total. The second kappa shape index (κ2) is 9.86. The first-order valence-electron chi connectivity index (χ1n) is 8.66. The average molecular weight is 369 g/mol. The predicted octanol–water partition coefficient (Wildman–Crippen LogP) is 0.536. The quantitative estimate of drug-likeness (QED) is 0.643. The monoisotopic (exact) mass is 369 g/mol. The van der Waals surface area contributed by atoms with Gasteiger partial charge in [-0.15, -0.1) is 0 Å². The molecule has 1 aliphatic rings. The van der Waals surface area contributed by atoms with E-state index in [4.69, 9.17) is 4.74 Å². The van der Waals surface area contributed by atoms with E-state index >= 15 is 0 Å². The Kier molecular flexibility index (Phi) is 7.83. The zero-order chi connectivity index (χ0) is 18.1. The van der Waals surface area contributed by atoms with Gasteiger partial charge in [-0.1, -0.05) is 25.1 Å². The first kappa shape index (κ1) is 19.8. The first-order valence-corrected chi connectivity index (χ1v) is 10.1. The molecule has 0 atom stereocenters. The zero-order valence-electron chi connectivity index (χ0n) is 14.7. The number of sulfonamides is 1. The number of carbonyl (C=O) groups is 1. The molecule has 7 nitrogen and oxygen atoms in total. The van der Waals surface area contributed by atoms with E-state index in [1.807, 2.05) is 0 Å². The van der Waals surface area contributed by atoms with Crippen molar-refractivity contribution >= 4 is 15.9 Å². The molecule has 1 aromatic rings. The van der Waals surface area contributed by atoms with Crippen LogP contribution in [-0.2, 0) is 19.6 Å². The Morgan fingerprint density at radius 1 is 1.24 bits per heavy atom. The average Bonchev–Trinajstić information content (AvgIpc) is 2.64. The first-order chi connectivity index (χ1) is 12.0. The lowest BCUT2D eigenvalue weighted by Crippen LogP contribution is -2.42. The van der Waals surface area contributed by atoms with Crippen molar-refractivity contribution in [3.8, 4) is 0 Å². The summed E-state index contributed by atoms with van der Waals surface area (Å²) in [4.78, 5) is 14.6. The van der Waals surface area contributed by atoms with Gasteiger partial charge < -0.3 is 10.1 Å². The second-order valence-electron chi connectivity index (χ2n) is 5.90. The molecule has 0 spiro atoms. The van der Waals surface area contributed by atoms with E-state index in [1.165, 1.54) is 16.4 Å². The van der Waals surface area contributed by atoms with Gasteiger partial charge in [0.2, 0.25) is 15.9 Å². The zero-order valence-corrected chi connectivity index (χ0v) is 15.5. The fourth-order valence-corrected chi connectivity index (χ4v) is 4.11. The lowest BCUT2D eigenvalue weighted by atomic mass is 10.3. The van der Waals surface area contributed by atoms with Gasteiger partial charge in [0.25, 0.3) is 0 Å². The number of hydrogen-bond donors (Lipinski definition) is 1. The fraction of sp³-hybridized carbons (Fsp3) is 0.588. The van der Waals surface area contributed by atoms with Gasteiger partial charge in [-0.2, -0.15) is 4.31 Å². The van der Waals surface area contributed by atoms with Gasteiger partial charge in [0, 0.05) is 26.2 Å². The van der Waals surface area contributed by atoms with Gasteiger partial charge in [-0.25, -0.2) is 8.42 Å². The molecule has 0 bridgehead atoms. The highest BCUT2D eigenvalue weighted by Gasteiger charge is 2.24. The number of carbonyl (C=O) groups excluding carboxylic acids is 1. The molecule has 1 saturated heterocycles. The lowest BCUT2D eigenvalue weighted by molar-refractivity contribution is -0.121. The number of morpholine rings is 1. The summed E-state index contributed by atoms with van der Waals surface area (Å²) in [6, 6.07) is 8.19. The highest BCUT2D eigenvalue weighted by molar-refractivity contribution is 7.89. The molecule has 1 amide bonds. The molecule has 25 heavy (non-hydrogen) atoms. The van der Waals surface area contributed by atoms with Crippen LogP contribution in [0, 0.1) is 0 Å². The largest absolute Gasteiger partial charge is 0.379 e. The Morgan fingerprint density at radius 2 is 1.92 bits per heavy atom. The highest BCUT2D eigenvalue weighted by atomic mass is 32.2. The van der Waals surface area contributed by atoms with Crippen LogP contribution in [-0.4, -0.2) is 76.0 Å². The predicted molar refractivity (Wildman–Crippen MR) is 95.8 cm³/mol. The topological polar surface area (TPSA) is 79.0 Å². The third-order valence-corrected chi connectivity index (χ3v) is 6.07. The van der Waals surface area contributed by atoms with Crippen LogP contribution in [0.3, 0.4) is 0 Å². The van der Waals surface area contributed by atoms with Crippen LogP contribution >= 0.6 is 0 Å². The minimum absolute atomic E-state index is 0.161. The third kappa shape index (κ3) is 6.07. The van der Waals surface area contributed by atoms with Crippen molar-refractivity contribution in [3.05, 3.63) is 30.3 Å². The molecule has 0 radical (unpaired) electrons. The van der Waals surface area contributed by atoms with E-state index in [-0.39, 0.29) is 23.9 Å². The molecule has 1 aromatic carbocycles. The molecule has 0 saturated carbocycles. The normalized spacial score (nSPS) is 16.1. The Morgan fingerprint density at radius 3 is 2.56 bits per heavy atom. The summed E-state index contributed by atoms with van der Waals surface area (Å²) in [5.74, 6) is -0.275. The number of amides is 1. The summed E-state index contributed by atoms with van der Waals surface area (Å²) in [7, 11) is -3.64. The van der Waals surface area contributed by atoms with Crippen LogP contribution in [0.4, 0.5) is 0 Å². The van der Waals surface area contributed by atoms with Crippen molar-refractivity contribution in [1.29, 1.82) is 0 Å². The van der Waals surface area contributed by atoms with Crippen LogP contribution in [0.1, 0.15) is 13.3 Å². The van der Waals surface area contributed by atoms with E-state index in [1.54, 1.807) is 25.1 Å². The van der Waals surface area contributed by atoms with Crippen molar-refractivity contribution in [2.75, 3.05) is 52.5 Å².